The van der Waals surface area contributed by atoms with E-state index in [-0.39, 0.29) is 13.0 Å². The van der Waals surface area contributed by atoms with Gasteiger partial charge in [-0.05, 0) is 6.07 Å². The minimum Gasteiger partial charge on any atom is -0.469 e. The molecule has 0 spiro atoms. The van der Waals surface area contributed by atoms with Crippen LogP contribution < -0.4 is 5.32 Å². The average Bonchev–Trinajstić information content (AvgIpc) is 2.38. The van der Waals surface area contributed by atoms with E-state index in [9.17, 15) is 28.5 Å². The van der Waals surface area contributed by atoms with Crippen molar-refractivity contribution in [2.75, 3.05) is 13.7 Å². The lowest BCUT2D eigenvalue weighted by molar-refractivity contribution is -0.387. The van der Waals surface area contributed by atoms with E-state index in [0.717, 1.165) is 7.11 Å². The molecule has 108 valence electrons. The van der Waals surface area contributed by atoms with Gasteiger partial charge in [0.25, 0.3) is 5.91 Å². The summed E-state index contributed by atoms with van der Waals surface area (Å²) in [5, 5.41) is 12.6. The molecule has 0 bridgehead atoms. The van der Waals surface area contributed by atoms with Crippen LogP contribution in [0.25, 0.3) is 0 Å². The van der Waals surface area contributed by atoms with Crippen LogP contribution in [0, 0.1) is 21.7 Å². The lowest BCUT2D eigenvalue weighted by Gasteiger charge is -2.06. The first kappa shape index (κ1) is 15.5. The Balaban J connectivity index is 2.90. The second kappa shape index (κ2) is 6.55. The number of amides is 1. The Morgan fingerprint density at radius 3 is 2.60 bits per heavy atom. The summed E-state index contributed by atoms with van der Waals surface area (Å²) >= 11 is 0. The summed E-state index contributed by atoms with van der Waals surface area (Å²) in [4.78, 5) is 31.8. The molecule has 0 saturated heterocycles. The fourth-order valence-electron chi connectivity index (χ4n) is 1.36. The highest BCUT2D eigenvalue weighted by Gasteiger charge is 2.26. The van der Waals surface area contributed by atoms with Crippen molar-refractivity contribution in [3.8, 4) is 0 Å². The number of nitro benzene ring substituents is 1. The van der Waals surface area contributed by atoms with Gasteiger partial charge in [0.05, 0.1) is 18.5 Å². The predicted octanol–water partition coefficient (Wildman–Crippen LogP) is 1.17. The van der Waals surface area contributed by atoms with Crippen molar-refractivity contribution < 1.29 is 28.0 Å². The second-order valence-electron chi connectivity index (χ2n) is 3.59. The summed E-state index contributed by atoms with van der Waals surface area (Å²) in [6.45, 7) is -0.215. The zero-order valence-corrected chi connectivity index (χ0v) is 10.3. The monoisotopic (exact) mass is 288 g/mol. The van der Waals surface area contributed by atoms with Gasteiger partial charge in [0.2, 0.25) is 5.82 Å². The van der Waals surface area contributed by atoms with Gasteiger partial charge in [-0.3, -0.25) is 19.7 Å². The van der Waals surface area contributed by atoms with Crippen molar-refractivity contribution >= 4 is 17.6 Å². The fraction of sp³-hybridized carbons (Fsp3) is 0.273. The maximum absolute atomic E-state index is 13.7. The van der Waals surface area contributed by atoms with E-state index in [1.807, 2.05) is 0 Å². The molecule has 0 atom stereocenters. The van der Waals surface area contributed by atoms with E-state index >= 15 is 0 Å². The lowest BCUT2D eigenvalue weighted by Crippen LogP contribution is -2.28. The highest BCUT2D eigenvalue weighted by molar-refractivity contribution is 5.95. The number of benzene rings is 1. The van der Waals surface area contributed by atoms with Crippen LogP contribution in [0.3, 0.4) is 0 Å². The van der Waals surface area contributed by atoms with Gasteiger partial charge in [0, 0.05) is 12.6 Å². The van der Waals surface area contributed by atoms with E-state index in [0.29, 0.717) is 12.1 Å². The molecule has 0 aliphatic rings. The number of nitro groups is 1. The zero-order valence-electron chi connectivity index (χ0n) is 10.3. The smallest absolute Gasteiger partial charge is 0.307 e. The third kappa shape index (κ3) is 3.46. The number of halogens is 2. The average molecular weight is 288 g/mol. The molecule has 0 heterocycles. The van der Waals surface area contributed by atoms with Crippen LogP contribution in [0.15, 0.2) is 12.1 Å². The van der Waals surface area contributed by atoms with Gasteiger partial charge in [-0.1, -0.05) is 0 Å². The van der Waals surface area contributed by atoms with Gasteiger partial charge < -0.3 is 10.1 Å². The summed E-state index contributed by atoms with van der Waals surface area (Å²) in [5.41, 5.74) is -2.08. The molecule has 7 nitrogen and oxygen atoms in total. The first-order valence-corrected chi connectivity index (χ1v) is 5.36. The van der Waals surface area contributed by atoms with Crippen LogP contribution in [0.4, 0.5) is 14.5 Å². The Hall–Kier alpha value is -2.58. The fourth-order valence-corrected chi connectivity index (χ4v) is 1.36. The zero-order chi connectivity index (χ0) is 15.3. The van der Waals surface area contributed by atoms with Crippen molar-refractivity contribution in [1.29, 1.82) is 0 Å². The summed E-state index contributed by atoms with van der Waals surface area (Å²) in [7, 11) is 1.14. The van der Waals surface area contributed by atoms with Gasteiger partial charge in [-0.25, -0.2) is 4.39 Å². The van der Waals surface area contributed by atoms with Gasteiger partial charge in [0.15, 0.2) is 0 Å². The Kier molecular flexibility index (Phi) is 5.07. The molecule has 1 N–H and O–H groups in total. The van der Waals surface area contributed by atoms with Crippen LogP contribution >= 0.6 is 0 Å². The highest BCUT2D eigenvalue weighted by atomic mass is 19.1. The van der Waals surface area contributed by atoms with Crippen LogP contribution in [-0.2, 0) is 9.53 Å². The van der Waals surface area contributed by atoms with Crippen molar-refractivity contribution in [2.24, 2.45) is 0 Å². The van der Waals surface area contributed by atoms with Crippen LogP contribution in [0.1, 0.15) is 16.8 Å². The minimum absolute atomic E-state index is 0.194. The maximum Gasteiger partial charge on any atom is 0.307 e. The summed E-state index contributed by atoms with van der Waals surface area (Å²) < 4.78 is 31.3. The third-order valence-electron chi connectivity index (χ3n) is 2.34. The first-order valence-electron chi connectivity index (χ1n) is 5.36. The van der Waals surface area contributed by atoms with E-state index in [1.54, 1.807) is 0 Å². The molecule has 0 aromatic heterocycles. The first-order chi connectivity index (χ1) is 9.38. The van der Waals surface area contributed by atoms with Crippen LogP contribution in [0.2, 0.25) is 0 Å². The molecule has 0 unspecified atom stereocenters. The minimum atomic E-state index is -1.56. The van der Waals surface area contributed by atoms with Crippen molar-refractivity contribution in [3.63, 3.8) is 0 Å². The van der Waals surface area contributed by atoms with Crippen molar-refractivity contribution in [3.05, 3.63) is 39.4 Å². The molecule has 1 aromatic carbocycles. The van der Waals surface area contributed by atoms with Gasteiger partial charge in [-0.2, -0.15) is 4.39 Å². The molecule has 0 fully saturated rings. The Morgan fingerprint density at radius 1 is 1.40 bits per heavy atom. The predicted molar refractivity (Wildman–Crippen MR) is 62.0 cm³/mol. The van der Waals surface area contributed by atoms with E-state index in [4.69, 9.17) is 0 Å². The Bertz CT molecular complexity index is 562. The number of esters is 1. The second-order valence-corrected chi connectivity index (χ2v) is 3.59. The number of ether oxygens (including phenoxy) is 1. The van der Waals surface area contributed by atoms with Gasteiger partial charge in [-0.15, -0.1) is 0 Å². The summed E-state index contributed by atoms with van der Waals surface area (Å²) in [5.74, 6) is -4.60. The molecule has 0 aliphatic heterocycles. The molecular formula is C11H10F2N2O5. The number of carbonyl (C=O) groups is 2. The van der Waals surface area contributed by atoms with E-state index in [2.05, 4.69) is 10.1 Å². The third-order valence-corrected chi connectivity index (χ3v) is 2.34. The number of hydrogen-bond donors (Lipinski definition) is 1. The Morgan fingerprint density at radius 2 is 2.05 bits per heavy atom. The SMILES string of the molecule is COC(=O)CCNC(=O)c1c(F)ccc([N+](=O)[O-])c1F. The van der Waals surface area contributed by atoms with Gasteiger partial charge in [0.1, 0.15) is 11.4 Å². The number of rotatable bonds is 5. The number of nitrogens with zero attached hydrogens (tertiary/aromatic N) is 1. The molecule has 0 radical (unpaired) electrons. The number of methoxy groups -OCH3 is 1. The number of nitrogens with one attached hydrogen (secondary N) is 1. The van der Waals surface area contributed by atoms with Crippen molar-refractivity contribution in [1.82, 2.24) is 5.32 Å². The van der Waals surface area contributed by atoms with Crippen LogP contribution in [0.5, 0.6) is 0 Å². The number of carbonyl (C=O) groups excluding carboxylic acids is 2. The standard InChI is InChI=1S/C11H10F2N2O5/c1-20-8(16)4-5-14-11(17)9-6(12)2-3-7(10(9)13)15(18)19/h2-3H,4-5H2,1H3,(H,14,17). The molecular weight excluding hydrogens is 278 g/mol. The molecule has 0 saturated carbocycles. The topological polar surface area (TPSA) is 98.5 Å². The number of hydrogen-bond acceptors (Lipinski definition) is 5. The molecule has 1 rings (SSSR count). The molecule has 9 heteroatoms. The molecule has 1 amide bonds. The van der Waals surface area contributed by atoms with Gasteiger partial charge >= 0.3 is 11.7 Å². The Labute approximate surface area is 111 Å². The quantitative estimate of drug-likeness (QED) is 0.498. The molecule has 0 aliphatic carbocycles. The normalized spacial score (nSPS) is 9.95. The van der Waals surface area contributed by atoms with E-state index < -0.39 is 39.7 Å². The summed E-state index contributed by atoms with van der Waals surface area (Å²) in [6, 6.07) is 1.24. The molecule has 1 aromatic rings. The van der Waals surface area contributed by atoms with E-state index in [1.165, 1.54) is 0 Å². The van der Waals surface area contributed by atoms with Crippen LogP contribution in [-0.4, -0.2) is 30.5 Å². The lowest BCUT2D eigenvalue weighted by atomic mass is 10.1. The largest absolute Gasteiger partial charge is 0.469 e. The molecule has 20 heavy (non-hydrogen) atoms. The highest BCUT2D eigenvalue weighted by Crippen LogP contribution is 2.22. The van der Waals surface area contributed by atoms with Crippen molar-refractivity contribution in [2.45, 2.75) is 6.42 Å². The maximum atomic E-state index is 13.7. The summed E-state index contributed by atoms with van der Waals surface area (Å²) in [6.07, 6.45) is -0.194.